The minimum atomic E-state index is -3.58. The molecule has 1 aliphatic heterocycles. The molecule has 0 N–H and O–H groups in total. The Labute approximate surface area is 165 Å². The fraction of sp³-hybridized carbons (Fsp3) is 0.278. The number of hydrogen-bond acceptors (Lipinski definition) is 3. The zero-order valence-electron chi connectivity index (χ0n) is 13.7. The van der Waals surface area contributed by atoms with Gasteiger partial charge in [0.2, 0.25) is 0 Å². The van der Waals surface area contributed by atoms with E-state index in [1.807, 2.05) is 0 Å². The van der Waals surface area contributed by atoms with Gasteiger partial charge in [-0.15, -0.1) is 0 Å². The molecular weight excluding hydrogens is 445 g/mol. The summed E-state index contributed by atoms with van der Waals surface area (Å²) in [6, 6.07) is 10.8. The van der Waals surface area contributed by atoms with Crippen molar-refractivity contribution in [3.63, 3.8) is 0 Å². The van der Waals surface area contributed by atoms with Crippen molar-refractivity contribution in [2.75, 3.05) is 18.8 Å². The molecule has 0 spiro atoms. The average molecular weight is 461 g/mol. The van der Waals surface area contributed by atoms with E-state index in [4.69, 9.17) is 11.6 Å². The van der Waals surface area contributed by atoms with Crippen LogP contribution in [0.3, 0.4) is 0 Å². The largest absolute Gasteiger partial charge is 0.338 e. The molecule has 1 saturated heterocycles. The lowest BCUT2D eigenvalue weighted by molar-refractivity contribution is 0.0766. The first kappa shape index (κ1) is 19.3. The minimum absolute atomic E-state index is 0.0506. The lowest BCUT2D eigenvalue weighted by atomic mass is 10.1. The van der Waals surface area contributed by atoms with Crippen LogP contribution >= 0.6 is 27.5 Å². The number of sulfone groups is 1. The van der Waals surface area contributed by atoms with Gasteiger partial charge in [0.05, 0.1) is 21.6 Å². The van der Waals surface area contributed by atoms with Crippen LogP contribution in [0.4, 0.5) is 4.39 Å². The maximum absolute atomic E-state index is 14.1. The SMILES string of the molecule is O=C(c1cc(Br)ccc1Cl)N1CCC(c2ccccc2F)S(=O)(=O)CC1. The number of rotatable bonds is 2. The van der Waals surface area contributed by atoms with Gasteiger partial charge in [-0.2, -0.15) is 0 Å². The van der Waals surface area contributed by atoms with Crippen molar-refractivity contribution in [3.8, 4) is 0 Å². The van der Waals surface area contributed by atoms with E-state index in [1.54, 1.807) is 24.3 Å². The number of benzene rings is 2. The van der Waals surface area contributed by atoms with Gasteiger partial charge in [-0.05, 0) is 30.7 Å². The number of carbonyl (C=O) groups is 1. The molecule has 2 aromatic rings. The molecule has 138 valence electrons. The highest BCUT2D eigenvalue weighted by Crippen LogP contribution is 2.32. The van der Waals surface area contributed by atoms with Crippen LogP contribution in [0, 0.1) is 5.82 Å². The Morgan fingerprint density at radius 3 is 2.65 bits per heavy atom. The number of halogens is 3. The van der Waals surface area contributed by atoms with Gasteiger partial charge in [-0.25, -0.2) is 12.8 Å². The van der Waals surface area contributed by atoms with Crippen molar-refractivity contribution in [2.24, 2.45) is 0 Å². The van der Waals surface area contributed by atoms with Gasteiger partial charge in [0.15, 0.2) is 9.84 Å². The Morgan fingerprint density at radius 2 is 1.92 bits per heavy atom. The zero-order valence-corrected chi connectivity index (χ0v) is 16.8. The fourth-order valence-corrected chi connectivity index (χ4v) is 5.43. The van der Waals surface area contributed by atoms with Crippen LogP contribution in [-0.4, -0.2) is 38.1 Å². The van der Waals surface area contributed by atoms with Crippen LogP contribution in [0.15, 0.2) is 46.9 Å². The van der Waals surface area contributed by atoms with E-state index in [0.29, 0.717) is 15.1 Å². The maximum Gasteiger partial charge on any atom is 0.255 e. The first-order chi connectivity index (χ1) is 12.3. The van der Waals surface area contributed by atoms with Crippen LogP contribution < -0.4 is 0 Å². The Kier molecular flexibility index (Phi) is 5.69. The first-order valence-electron chi connectivity index (χ1n) is 8.00. The molecule has 1 aliphatic rings. The van der Waals surface area contributed by atoms with Crippen molar-refractivity contribution < 1.29 is 17.6 Å². The third kappa shape index (κ3) is 3.94. The molecule has 0 radical (unpaired) electrons. The Bertz CT molecular complexity index is 951. The summed E-state index contributed by atoms with van der Waals surface area (Å²) in [5, 5.41) is -0.657. The molecule has 0 saturated carbocycles. The number of hydrogen-bond donors (Lipinski definition) is 0. The molecule has 4 nitrogen and oxygen atoms in total. The van der Waals surface area contributed by atoms with Gasteiger partial charge in [0.25, 0.3) is 5.91 Å². The first-order valence-corrected chi connectivity index (χ1v) is 10.9. The van der Waals surface area contributed by atoms with E-state index >= 15 is 0 Å². The van der Waals surface area contributed by atoms with Gasteiger partial charge in [-0.3, -0.25) is 4.79 Å². The van der Waals surface area contributed by atoms with Gasteiger partial charge in [0.1, 0.15) is 5.82 Å². The normalized spacial score (nSPS) is 19.8. The lowest BCUT2D eigenvalue weighted by Crippen LogP contribution is -2.33. The predicted octanol–water partition coefficient (Wildman–Crippen LogP) is 4.24. The van der Waals surface area contributed by atoms with E-state index in [1.165, 1.54) is 23.1 Å². The number of amides is 1. The van der Waals surface area contributed by atoms with Crippen molar-refractivity contribution in [1.29, 1.82) is 0 Å². The molecule has 0 aromatic heterocycles. The van der Waals surface area contributed by atoms with E-state index in [9.17, 15) is 17.6 Å². The van der Waals surface area contributed by atoms with Crippen molar-refractivity contribution in [3.05, 3.63) is 68.9 Å². The Morgan fingerprint density at radius 1 is 1.19 bits per heavy atom. The quantitative estimate of drug-likeness (QED) is 0.673. The van der Waals surface area contributed by atoms with Gasteiger partial charge < -0.3 is 4.90 Å². The summed E-state index contributed by atoms with van der Waals surface area (Å²) >= 11 is 9.42. The molecule has 2 aromatic carbocycles. The topological polar surface area (TPSA) is 54.5 Å². The average Bonchev–Trinajstić information content (AvgIpc) is 2.75. The lowest BCUT2D eigenvalue weighted by Gasteiger charge is -2.21. The molecule has 8 heteroatoms. The summed E-state index contributed by atoms with van der Waals surface area (Å²) in [7, 11) is -3.58. The smallest absolute Gasteiger partial charge is 0.255 e. The second-order valence-corrected chi connectivity index (χ2v) is 9.71. The molecule has 1 atom stereocenters. The van der Waals surface area contributed by atoms with E-state index < -0.39 is 20.9 Å². The summed E-state index contributed by atoms with van der Waals surface area (Å²) in [6.45, 7) is 0.259. The summed E-state index contributed by atoms with van der Waals surface area (Å²) < 4.78 is 40.1. The maximum atomic E-state index is 14.1. The third-order valence-corrected chi connectivity index (χ3v) is 7.37. The molecular formula is C18H16BrClFNO3S. The molecule has 1 amide bonds. The van der Waals surface area contributed by atoms with Crippen molar-refractivity contribution >= 4 is 43.3 Å². The fourth-order valence-electron chi connectivity index (χ4n) is 3.06. The molecule has 0 aliphatic carbocycles. The second kappa shape index (κ2) is 7.66. The van der Waals surface area contributed by atoms with E-state index in [0.717, 1.165) is 0 Å². The second-order valence-electron chi connectivity index (χ2n) is 6.08. The molecule has 1 heterocycles. The summed E-state index contributed by atoms with van der Waals surface area (Å²) in [4.78, 5) is 14.3. The van der Waals surface area contributed by atoms with Crippen LogP contribution in [0.2, 0.25) is 5.02 Å². The molecule has 26 heavy (non-hydrogen) atoms. The Hall–Kier alpha value is -1.44. The number of nitrogens with zero attached hydrogens (tertiary/aromatic N) is 1. The van der Waals surface area contributed by atoms with E-state index in [2.05, 4.69) is 15.9 Å². The minimum Gasteiger partial charge on any atom is -0.338 e. The van der Waals surface area contributed by atoms with Crippen molar-refractivity contribution in [2.45, 2.75) is 11.7 Å². The molecule has 3 rings (SSSR count). The van der Waals surface area contributed by atoms with Gasteiger partial charge in [0, 0.05) is 23.1 Å². The van der Waals surface area contributed by atoms with Crippen LogP contribution in [-0.2, 0) is 9.84 Å². The Balaban J connectivity index is 1.88. The third-order valence-electron chi connectivity index (χ3n) is 4.44. The molecule has 1 fully saturated rings. The molecule has 1 unspecified atom stereocenters. The van der Waals surface area contributed by atoms with Gasteiger partial charge >= 0.3 is 0 Å². The summed E-state index contributed by atoms with van der Waals surface area (Å²) in [6.07, 6.45) is 0.140. The monoisotopic (exact) mass is 459 g/mol. The van der Waals surface area contributed by atoms with Crippen LogP contribution in [0.5, 0.6) is 0 Å². The molecule has 0 bridgehead atoms. The highest BCUT2D eigenvalue weighted by molar-refractivity contribution is 9.10. The summed E-state index contributed by atoms with van der Waals surface area (Å²) in [5.74, 6) is -1.10. The van der Waals surface area contributed by atoms with Crippen molar-refractivity contribution in [1.82, 2.24) is 4.90 Å². The predicted molar refractivity (Wildman–Crippen MR) is 103 cm³/mol. The van der Waals surface area contributed by atoms with Crippen LogP contribution in [0.25, 0.3) is 0 Å². The standard InChI is InChI=1S/C18H16BrClFNO3S/c19-12-5-6-15(20)14(11-12)18(23)22-8-7-17(26(24,25)10-9-22)13-3-1-2-4-16(13)21/h1-6,11,17H,7-10H2. The van der Waals surface area contributed by atoms with E-state index in [-0.39, 0.29) is 36.7 Å². The van der Waals surface area contributed by atoms with Crippen LogP contribution in [0.1, 0.15) is 27.6 Å². The highest BCUT2D eigenvalue weighted by atomic mass is 79.9. The highest BCUT2D eigenvalue weighted by Gasteiger charge is 2.34. The number of carbonyl (C=O) groups excluding carboxylic acids is 1. The zero-order chi connectivity index (χ0) is 18.9. The van der Waals surface area contributed by atoms with Gasteiger partial charge in [-0.1, -0.05) is 45.7 Å². The summed E-state index contributed by atoms with van der Waals surface area (Å²) in [5.41, 5.74) is 0.463.